The normalized spacial score (nSPS) is 20.9. The van der Waals surface area contributed by atoms with Crippen LogP contribution >= 0.6 is 0 Å². The Kier molecular flexibility index (Phi) is 8.57. The number of hydrogen-bond donors (Lipinski definition) is 1. The molecule has 1 atom stereocenters. The minimum absolute atomic E-state index is 0.00287. The van der Waals surface area contributed by atoms with Crippen LogP contribution in [0.3, 0.4) is 0 Å². The van der Waals surface area contributed by atoms with E-state index in [4.69, 9.17) is 4.74 Å². The zero-order valence-corrected chi connectivity index (χ0v) is 21.1. The summed E-state index contributed by atoms with van der Waals surface area (Å²) in [6.45, 7) is 7.73. The molecule has 3 rings (SSSR count). The Bertz CT molecular complexity index is 885. The molecule has 0 saturated heterocycles. The quantitative estimate of drug-likeness (QED) is 0.249. The number of halogens is 6. The largest absolute Gasteiger partial charge is 0.493 e. The van der Waals surface area contributed by atoms with Gasteiger partial charge >= 0.3 is 12.4 Å². The summed E-state index contributed by atoms with van der Waals surface area (Å²) in [4.78, 5) is 6.86. The Labute approximate surface area is 208 Å². The van der Waals surface area contributed by atoms with Crippen molar-refractivity contribution >= 4 is 6.34 Å². The van der Waals surface area contributed by atoms with Crippen LogP contribution in [-0.4, -0.2) is 53.9 Å². The van der Waals surface area contributed by atoms with Crippen LogP contribution < -0.4 is 4.74 Å². The highest BCUT2D eigenvalue weighted by molar-refractivity contribution is 5.59. The van der Waals surface area contributed by atoms with Crippen molar-refractivity contribution in [3.8, 4) is 5.75 Å². The SMILES string of the molecule is CCCc1cc(C(O)(C(F)(F)F)C(F)(F)F)cc(CCC)c1OCCCCN1C=NC(C)(C2CC2)C1. The number of alkyl halides is 6. The molecule has 1 heterocycles. The molecule has 4 nitrogen and oxygen atoms in total. The molecule has 36 heavy (non-hydrogen) atoms. The topological polar surface area (TPSA) is 45.1 Å². The number of aliphatic imine (C=N–C) groups is 1. The molecule has 1 aromatic rings. The first-order valence-corrected chi connectivity index (χ1v) is 12.7. The second-order valence-electron chi connectivity index (χ2n) is 10.2. The molecule has 1 aliphatic carbocycles. The number of unbranched alkanes of at least 4 members (excludes halogenated alkanes) is 1. The van der Waals surface area contributed by atoms with Crippen LogP contribution in [0.2, 0.25) is 0 Å². The lowest BCUT2D eigenvalue weighted by Crippen LogP contribution is -2.54. The van der Waals surface area contributed by atoms with Crippen LogP contribution in [0.5, 0.6) is 5.75 Å². The summed E-state index contributed by atoms with van der Waals surface area (Å²) in [7, 11) is 0. The van der Waals surface area contributed by atoms with Gasteiger partial charge in [-0.25, -0.2) is 0 Å². The summed E-state index contributed by atoms with van der Waals surface area (Å²) in [5, 5.41) is 9.95. The van der Waals surface area contributed by atoms with Gasteiger partial charge in [-0.1, -0.05) is 26.7 Å². The number of ether oxygens (including phenoxy) is 1. The second-order valence-corrected chi connectivity index (χ2v) is 10.2. The fourth-order valence-corrected chi connectivity index (χ4v) is 4.92. The van der Waals surface area contributed by atoms with Crippen molar-refractivity contribution in [1.29, 1.82) is 0 Å². The number of hydrogen-bond acceptors (Lipinski definition) is 4. The summed E-state index contributed by atoms with van der Waals surface area (Å²) < 4.78 is 87.1. The predicted octanol–water partition coefficient (Wildman–Crippen LogP) is 6.58. The summed E-state index contributed by atoms with van der Waals surface area (Å²) >= 11 is 0. The van der Waals surface area contributed by atoms with Gasteiger partial charge in [-0.05, 0) is 74.6 Å². The van der Waals surface area contributed by atoms with Crippen molar-refractivity contribution in [2.45, 2.75) is 95.6 Å². The summed E-state index contributed by atoms with van der Waals surface area (Å²) in [6, 6.07) is 1.61. The molecule has 1 N–H and O–H groups in total. The lowest BCUT2D eigenvalue weighted by atomic mass is 9.87. The number of rotatable bonds is 12. The van der Waals surface area contributed by atoms with E-state index in [2.05, 4.69) is 16.8 Å². The van der Waals surface area contributed by atoms with E-state index in [-0.39, 0.29) is 29.5 Å². The van der Waals surface area contributed by atoms with Gasteiger partial charge in [-0.2, -0.15) is 26.3 Å². The van der Waals surface area contributed by atoms with Gasteiger partial charge in [0, 0.05) is 18.7 Å². The molecule has 1 aliphatic heterocycles. The van der Waals surface area contributed by atoms with Crippen LogP contribution in [0.4, 0.5) is 26.3 Å². The number of aliphatic hydroxyl groups is 1. The molecular formula is C26H36F6N2O2. The van der Waals surface area contributed by atoms with Gasteiger partial charge in [0.1, 0.15) is 5.75 Å². The minimum atomic E-state index is -5.92. The fraction of sp³-hybridized carbons (Fsp3) is 0.731. The monoisotopic (exact) mass is 522 g/mol. The molecule has 0 radical (unpaired) electrons. The van der Waals surface area contributed by atoms with Crippen molar-refractivity contribution in [3.63, 3.8) is 0 Å². The molecule has 1 saturated carbocycles. The second kappa shape index (κ2) is 10.8. The van der Waals surface area contributed by atoms with Crippen molar-refractivity contribution in [1.82, 2.24) is 4.90 Å². The van der Waals surface area contributed by atoms with E-state index in [1.165, 1.54) is 12.8 Å². The molecule has 0 bridgehead atoms. The van der Waals surface area contributed by atoms with Crippen molar-refractivity contribution in [2.75, 3.05) is 19.7 Å². The predicted molar refractivity (Wildman–Crippen MR) is 126 cm³/mol. The fourth-order valence-electron chi connectivity index (χ4n) is 4.92. The summed E-state index contributed by atoms with van der Waals surface area (Å²) in [5.41, 5.74) is -5.67. The third-order valence-corrected chi connectivity index (χ3v) is 7.10. The summed E-state index contributed by atoms with van der Waals surface area (Å²) in [6.07, 6.45) is -4.55. The number of nitrogens with zero attached hydrogens (tertiary/aromatic N) is 2. The van der Waals surface area contributed by atoms with Gasteiger partial charge in [-0.15, -0.1) is 0 Å². The van der Waals surface area contributed by atoms with E-state index >= 15 is 0 Å². The minimum Gasteiger partial charge on any atom is -0.493 e. The molecular weight excluding hydrogens is 486 g/mol. The first-order chi connectivity index (χ1) is 16.8. The Balaban J connectivity index is 1.73. The third-order valence-electron chi connectivity index (χ3n) is 7.10. The van der Waals surface area contributed by atoms with Crippen molar-refractivity contribution in [3.05, 3.63) is 28.8 Å². The van der Waals surface area contributed by atoms with Gasteiger partial charge in [0.25, 0.3) is 5.60 Å². The molecule has 2 aliphatic rings. The Morgan fingerprint density at radius 2 is 1.56 bits per heavy atom. The highest BCUT2D eigenvalue weighted by Gasteiger charge is 2.71. The van der Waals surface area contributed by atoms with Gasteiger partial charge in [0.2, 0.25) is 0 Å². The number of benzene rings is 1. The van der Waals surface area contributed by atoms with E-state index in [1.807, 2.05) is 6.34 Å². The summed E-state index contributed by atoms with van der Waals surface area (Å²) in [5.74, 6) is 0.990. The molecule has 0 spiro atoms. The molecule has 1 unspecified atom stereocenters. The first-order valence-electron chi connectivity index (χ1n) is 12.7. The van der Waals surface area contributed by atoms with E-state index in [0.29, 0.717) is 37.5 Å². The number of aryl methyl sites for hydroxylation is 2. The Morgan fingerprint density at radius 3 is 2.03 bits per heavy atom. The van der Waals surface area contributed by atoms with Crippen molar-refractivity contribution in [2.24, 2.45) is 10.9 Å². The molecule has 0 amide bonds. The average Bonchev–Trinajstić information content (AvgIpc) is 3.57. The van der Waals surface area contributed by atoms with Gasteiger partial charge in [0.05, 0.1) is 18.5 Å². The molecule has 1 fully saturated rings. The maximum Gasteiger partial charge on any atom is 0.430 e. The maximum atomic E-state index is 13.5. The maximum absolute atomic E-state index is 13.5. The smallest absolute Gasteiger partial charge is 0.430 e. The highest BCUT2D eigenvalue weighted by atomic mass is 19.4. The molecule has 0 aromatic heterocycles. The van der Waals surface area contributed by atoms with Gasteiger partial charge in [0.15, 0.2) is 0 Å². The first kappa shape index (κ1) is 28.6. The molecule has 1 aromatic carbocycles. The molecule has 10 heteroatoms. The van der Waals surface area contributed by atoms with Gasteiger partial charge in [-0.3, -0.25) is 4.99 Å². The van der Waals surface area contributed by atoms with E-state index < -0.39 is 23.5 Å². The molecule has 204 valence electrons. The van der Waals surface area contributed by atoms with E-state index in [1.54, 1.807) is 13.8 Å². The standard InChI is InChI=1S/C26H36F6N2O2/c1-4-8-18-14-21(24(35,25(27,28)29)26(30,31)32)15-19(9-5-2)22(18)36-13-7-6-12-34-16-23(3,33-17-34)20-10-11-20/h14-15,17,20,35H,4-13,16H2,1-3H3. The average molecular weight is 523 g/mol. The lowest BCUT2D eigenvalue weighted by Gasteiger charge is -2.33. The van der Waals surface area contributed by atoms with Crippen LogP contribution in [0.15, 0.2) is 17.1 Å². The van der Waals surface area contributed by atoms with Crippen LogP contribution in [0.25, 0.3) is 0 Å². The van der Waals surface area contributed by atoms with E-state index in [0.717, 1.165) is 31.6 Å². The third kappa shape index (κ3) is 5.94. The van der Waals surface area contributed by atoms with Crippen molar-refractivity contribution < 1.29 is 36.2 Å². The lowest BCUT2D eigenvalue weighted by molar-refractivity contribution is -0.376. The Hall–Kier alpha value is -1.97. The zero-order chi connectivity index (χ0) is 26.8. The highest BCUT2D eigenvalue weighted by Crippen LogP contribution is 2.51. The van der Waals surface area contributed by atoms with Crippen LogP contribution in [-0.2, 0) is 18.4 Å². The Morgan fingerprint density at radius 1 is 1.00 bits per heavy atom. The zero-order valence-electron chi connectivity index (χ0n) is 21.1. The van der Waals surface area contributed by atoms with E-state index in [9.17, 15) is 31.4 Å². The van der Waals surface area contributed by atoms with Crippen LogP contribution in [0.1, 0.15) is 76.0 Å². The van der Waals surface area contributed by atoms with Gasteiger partial charge < -0.3 is 14.7 Å². The van der Waals surface area contributed by atoms with Crippen LogP contribution in [0, 0.1) is 5.92 Å².